The van der Waals surface area contributed by atoms with Crippen LogP contribution < -0.4 is 0 Å². The molecule has 0 aliphatic heterocycles. The van der Waals surface area contributed by atoms with E-state index in [9.17, 15) is 0 Å². The van der Waals surface area contributed by atoms with E-state index in [-0.39, 0.29) is 5.41 Å². The standard InChI is InChI=1S/C35H21N/c1-2-10-23-21(9-1)17-22-18-31-28(19-27(22)23)24-11-3-6-14-29(24)35(31)30-15-7-4-12-25(30)34-26-13-5-8-16-33(26)36-20-32(34)35/h1-16,18-20H,17H2. The van der Waals surface area contributed by atoms with Gasteiger partial charge < -0.3 is 0 Å². The third-order valence-corrected chi connectivity index (χ3v) is 8.74. The van der Waals surface area contributed by atoms with E-state index in [1.165, 1.54) is 72.1 Å². The Balaban J connectivity index is 1.46. The van der Waals surface area contributed by atoms with Crippen molar-refractivity contribution in [3.63, 3.8) is 0 Å². The number of nitrogens with zero attached hydrogens (tertiary/aromatic N) is 1. The Morgan fingerprint density at radius 3 is 2.08 bits per heavy atom. The summed E-state index contributed by atoms with van der Waals surface area (Å²) in [6.07, 6.45) is 3.15. The minimum absolute atomic E-state index is 0.349. The summed E-state index contributed by atoms with van der Waals surface area (Å²) in [6, 6.07) is 40.5. The van der Waals surface area contributed by atoms with Gasteiger partial charge in [0.15, 0.2) is 0 Å². The number of fused-ring (bicyclic) bond motifs is 15. The van der Waals surface area contributed by atoms with Gasteiger partial charge in [0, 0.05) is 11.6 Å². The summed E-state index contributed by atoms with van der Waals surface area (Å²) in [6.45, 7) is 0. The van der Waals surface area contributed by atoms with E-state index in [0.717, 1.165) is 11.9 Å². The van der Waals surface area contributed by atoms with Crippen LogP contribution in [0.15, 0.2) is 115 Å². The van der Waals surface area contributed by atoms with Crippen LogP contribution in [0.25, 0.3) is 44.3 Å². The summed E-state index contributed by atoms with van der Waals surface area (Å²) in [5.74, 6) is 0. The third kappa shape index (κ3) is 2.04. The van der Waals surface area contributed by atoms with Crippen molar-refractivity contribution >= 4 is 10.9 Å². The lowest BCUT2D eigenvalue weighted by atomic mass is 9.70. The molecule has 0 saturated heterocycles. The fraction of sp³-hybridized carbons (Fsp3) is 0.0571. The van der Waals surface area contributed by atoms with Crippen molar-refractivity contribution in [3.8, 4) is 33.4 Å². The fourth-order valence-electron chi connectivity index (χ4n) is 7.38. The SMILES string of the molecule is c1ccc2c(c1)Cc1cc3c(cc1-2)-c1ccccc1C31c2ccccc2-c2c1cnc1ccccc21. The van der Waals surface area contributed by atoms with Gasteiger partial charge in [-0.25, -0.2) is 0 Å². The summed E-state index contributed by atoms with van der Waals surface area (Å²) >= 11 is 0. The Hall–Kier alpha value is -4.49. The lowest BCUT2D eigenvalue weighted by Crippen LogP contribution is -2.26. The molecule has 36 heavy (non-hydrogen) atoms. The topological polar surface area (TPSA) is 12.9 Å². The minimum atomic E-state index is -0.349. The highest BCUT2D eigenvalue weighted by Crippen LogP contribution is 2.64. The molecular weight excluding hydrogens is 434 g/mol. The summed E-state index contributed by atoms with van der Waals surface area (Å²) in [5, 5.41) is 1.24. The van der Waals surface area contributed by atoms with Crippen molar-refractivity contribution in [1.29, 1.82) is 0 Å². The third-order valence-electron chi connectivity index (χ3n) is 8.74. The van der Waals surface area contributed by atoms with Gasteiger partial charge in [-0.05, 0) is 85.3 Å². The highest BCUT2D eigenvalue weighted by Gasteiger charge is 2.52. The second-order valence-corrected chi connectivity index (χ2v) is 10.3. The zero-order valence-electron chi connectivity index (χ0n) is 19.6. The molecule has 3 aliphatic carbocycles. The zero-order chi connectivity index (χ0) is 23.4. The van der Waals surface area contributed by atoms with Gasteiger partial charge in [0.05, 0.1) is 10.9 Å². The molecule has 0 saturated carbocycles. The van der Waals surface area contributed by atoms with Crippen molar-refractivity contribution in [1.82, 2.24) is 4.98 Å². The molecule has 1 heteroatoms. The molecule has 0 bridgehead atoms. The van der Waals surface area contributed by atoms with Gasteiger partial charge in [0.25, 0.3) is 0 Å². The molecule has 9 rings (SSSR count). The molecule has 5 aromatic carbocycles. The van der Waals surface area contributed by atoms with Gasteiger partial charge in [-0.15, -0.1) is 0 Å². The smallest absolute Gasteiger partial charge is 0.0740 e. The van der Waals surface area contributed by atoms with Crippen LogP contribution in [-0.4, -0.2) is 4.98 Å². The van der Waals surface area contributed by atoms with Gasteiger partial charge >= 0.3 is 0 Å². The Morgan fingerprint density at radius 2 is 1.19 bits per heavy atom. The number of hydrogen-bond acceptors (Lipinski definition) is 1. The maximum atomic E-state index is 5.01. The Morgan fingerprint density at radius 1 is 0.500 bits per heavy atom. The largest absolute Gasteiger partial charge is 0.256 e. The van der Waals surface area contributed by atoms with Gasteiger partial charge in [0.1, 0.15) is 0 Å². The highest BCUT2D eigenvalue weighted by molar-refractivity contribution is 6.05. The predicted octanol–water partition coefficient (Wildman–Crippen LogP) is 8.15. The van der Waals surface area contributed by atoms with Crippen LogP contribution in [0.5, 0.6) is 0 Å². The molecule has 3 aliphatic rings. The first-order valence-corrected chi connectivity index (χ1v) is 12.7. The molecular formula is C35H21N. The van der Waals surface area contributed by atoms with Gasteiger partial charge in [0.2, 0.25) is 0 Å². The van der Waals surface area contributed by atoms with Crippen LogP contribution in [0.2, 0.25) is 0 Å². The van der Waals surface area contributed by atoms with Gasteiger partial charge in [-0.2, -0.15) is 0 Å². The number of para-hydroxylation sites is 1. The molecule has 1 aromatic heterocycles. The number of hydrogen-bond donors (Lipinski definition) is 0. The monoisotopic (exact) mass is 455 g/mol. The number of rotatable bonds is 0. The van der Waals surface area contributed by atoms with E-state index in [1.807, 2.05) is 0 Å². The highest BCUT2D eigenvalue weighted by atomic mass is 14.7. The molecule has 1 nitrogen and oxygen atoms in total. The van der Waals surface area contributed by atoms with E-state index in [1.54, 1.807) is 0 Å². The van der Waals surface area contributed by atoms with Crippen molar-refractivity contribution < 1.29 is 0 Å². The van der Waals surface area contributed by atoms with Crippen molar-refractivity contribution in [2.45, 2.75) is 11.8 Å². The second-order valence-electron chi connectivity index (χ2n) is 10.3. The van der Waals surface area contributed by atoms with Crippen molar-refractivity contribution in [2.24, 2.45) is 0 Å². The molecule has 0 amide bonds. The fourth-order valence-corrected chi connectivity index (χ4v) is 7.38. The first kappa shape index (κ1) is 18.8. The van der Waals surface area contributed by atoms with Crippen molar-refractivity contribution in [3.05, 3.63) is 149 Å². The summed E-state index contributed by atoms with van der Waals surface area (Å²) in [7, 11) is 0. The first-order valence-electron chi connectivity index (χ1n) is 12.7. The Bertz CT molecular complexity index is 1930. The van der Waals surface area contributed by atoms with E-state index < -0.39 is 0 Å². The normalized spacial score (nSPS) is 17.4. The Kier molecular flexibility index (Phi) is 3.33. The molecule has 1 atom stereocenters. The minimum Gasteiger partial charge on any atom is -0.256 e. The average Bonchev–Trinajstić information content (AvgIpc) is 3.55. The van der Waals surface area contributed by atoms with E-state index in [4.69, 9.17) is 4.98 Å². The zero-order valence-corrected chi connectivity index (χ0v) is 19.6. The van der Waals surface area contributed by atoms with Crippen LogP contribution in [0.4, 0.5) is 0 Å². The van der Waals surface area contributed by atoms with E-state index >= 15 is 0 Å². The van der Waals surface area contributed by atoms with Crippen LogP contribution in [0.3, 0.4) is 0 Å². The van der Waals surface area contributed by atoms with Gasteiger partial charge in [-0.1, -0.05) is 97.1 Å². The van der Waals surface area contributed by atoms with Crippen molar-refractivity contribution in [2.75, 3.05) is 0 Å². The first-order chi connectivity index (χ1) is 17.9. The molecule has 0 radical (unpaired) electrons. The van der Waals surface area contributed by atoms with Crippen LogP contribution in [0, 0.1) is 0 Å². The number of pyridine rings is 1. The average molecular weight is 456 g/mol. The molecule has 0 fully saturated rings. The predicted molar refractivity (Wildman–Crippen MR) is 146 cm³/mol. The van der Waals surface area contributed by atoms with Crippen LogP contribution in [0.1, 0.15) is 33.4 Å². The van der Waals surface area contributed by atoms with E-state index in [0.29, 0.717) is 0 Å². The van der Waals surface area contributed by atoms with Crippen LogP contribution in [-0.2, 0) is 11.8 Å². The molecule has 1 spiro atoms. The lowest BCUT2D eigenvalue weighted by molar-refractivity contribution is 0.788. The molecule has 1 heterocycles. The quantitative estimate of drug-likeness (QED) is 0.225. The summed E-state index contributed by atoms with van der Waals surface area (Å²) < 4.78 is 0. The molecule has 166 valence electrons. The maximum absolute atomic E-state index is 5.01. The van der Waals surface area contributed by atoms with Crippen LogP contribution >= 0.6 is 0 Å². The maximum Gasteiger partial charge on any atom is 0.0740 e. The molecule has 6 aromatic rings. The molecule has 0 N–H and O–H groups in total. The Labute approximate surface area is 209 Å². The summed E-state index contributed by atoms with van der Waals surface area (Å²) in [5.41, 5.74) is 17.2. The number of aromatic nitrogens is 1. The number of benzene rings is 5. The lowest BCUT2D eigenvalue weighted by Gasteiger charge is -2.30. The van der Waals surface area contributed by atoms with Gasteiger partial charge in [-0.3, -0.25) is 4.98 Å². The molecule has 1 unspecified atom stereocenters. The summed E-state index contributed by atoms with van der Waals surface area (Å²) in [4.78, 5) is 5.01. The second kappa shape index (κ2) is 6.38. The van der Waals surface area contributed by atoms with E-state index in [2.05, 4.69) is 115 Å².